The Bertz CT molecular complexity index is 446. The van der Waals surface area contributed by atoms with Gasteiger partial charge in [0.2, 0.25) is 5.70 Å². The van der Waals surface area contributed by atoms with Gasteiger partial charge in [-0.3, -0.25) is 10.1 Å². The third-order valence-corrected chi connectivity index (χ3v) is 1.53. The highest BCUT2D eigenvalue weighted by atomic mass is 16.6. The molecule has 0 amide bonds. The van der Waals surface area contributed by atoms with Gasteiger partial charge >= 0.3 is 11.7 Å². The molecule has 0 unspecified atom stereocenters. The third kappa shape index (κ3) is 1.20. The van der Waals surface area contributed by atoms with E-state index in [1.807, 2.05) is 0 Å². The molecule has 0 spiro atoms. The Morgan fingerprint density at radius 3 is 2.86 bits per heavy atom. The van der Waals surface area contributed by atoms with E-state index in [0.717, 1.165) is 0 Å². The quantitative estimate of drug-likeness (QED) is 0.525. The summed E-state index contributed by atoms with van der Waals surface area (Å²) in [6, 6.07) is -0.169. The van der Waals surface area contributed by atoms with Crippen molar-refractivity contribution in [3.63, 3.8) is 0 Å². The molecular weight excluding hydrogens is 192 g/mol. The van der Waals surface area contributed by atoms with Crippen LogP contribution in [0.25, 0.3) is 5.70 Å². The van der Waals surface area contributed by atoms with Crippen molar-refractivity contribution in [1.29, 1.82) is 0 Å². The molecule has 0 saturated carbocycles. The SMILES string of the molecule is Nc1nnc(C2=C([N+](=O)[O-])CN=N2)o1. The van der Waals surface area contributed by atoms with Crippen LogP contribution in [0.1, 0.15) is 5.89 Å². The zero-order valence-corrected chi connectivity index (χ0v) is 6.75. The van der Waals surface area contributed by atoms with E-state index in [0.29, 0.717) is 0 Å². The molecule has 0 atom stereocenters. The lowest BCUT2D eigenvalue weighted by atomic mass is 10.3. The van der Waals surface area contributed by atoms with E-state index in [1.54, 1.807) is 0 Å². The molecule has 0 aliphatic carbocycles. The zero-order chi connectivity index (χ0) is 10.1. The lowest BCUT2D eigenvalue weighted by Gasteiger charge is -1.89. The van der Waals surface area contributed by atoms with Crippen molar-refractivity contribution in [3.05, 3.63) is 21.7 Å². The van der Waals surface area contributed by atoms with Crippen LogP contribution in [-0.2, 0) is 0 Å². The smallest absolute Gasteiger partial charge is 0.313 e. The van der Waals surface area contributed by atoms with Crippen molar-refractivity contribution >= 4 is 11.7 Å². The summed E-state index contributed by atoms with van der Waals surface area (Å²) >= 11 is 0. The largest absolute Gasteiger partial charge is 0.401 e. The number of nitrogens with two attached hydrogens (primary N) is 1. The number of aromatic nitrogens is 2. The highest BCUT2D eigenvalue weighted by molar-refractivity contribution is 5.60. The maximum absolute atomic E-state index is 10.5. The van der Waals surface area contributed by atoms with Crippen LogP contribution in [0, 0.1) is 10.1 Å². The minimum absolute atomic E-state index is 0.0285. The molecule has 1 aromatic heterocycles. The summed E-state index contributed by atoms with van der Waals surface area (Å²) in [5.74, 6) is -0.0875. The van der Waals surface area contributed by atoms with Gasteiger partial charge in [-0.1, -0.05) is 5.10 Å². The number of rotatable bonds is 2. The van der Waals surface area contributed by atoms with E-state index in [4.69, 9.17) is 10.2 Å². The Kier molecular flexibility index (Phi) is 1.70. The van der Waals surface area contributed by atoms with Crippen molar-refractivity contribution in [2.75, 3.05) is 12.3 Å². The van der Waals surface area contributed by atoms with Gasteiger partial charge in [0.25, 0.3) is 5.89 Å². The second-order valence-corrected chi connectivity index (χ2v) is 2.40. The lowest BCUT2D eigenvalue weighted by molar-refractivity contribution is -0.423. The first-order chi connectivity index (χ1) is 6.68. The van der Waals surface area contributed by atoms with Crippen LogP contribution in [-0.4, -0.2) is 21.7 Å². The Morgan fingerprint density at radius 2 is 2.29 bits per heavy atom. The Labute approximate surface area is 76.5 Å². The average Bonchev–Trinajstić information content (AvgIpc) is 2.70. The Balaban J connectivity index is 2.46. The molecule has 14 heavy (non-hydrogen) atoms. The van der Waals surface area contributed by atoms with E-state index in [-0.39, 0.29) is 29.8 Å². The highest BCUT2D eigenvalue weighted by Crippen LogP contribution is 2.25. The van der Waals surface area contributed by atoms with Crippen LogP contribution >= 0.6 is 0 Å². The topological polar surface area (TPSA) is 133 Å². The molecular formula is C5H4N6O3. The minimum Gasteiger partial charge on any atom is -0.401 e. The predicted molar refractivity (Wildman–Crippen MR) is 42.3 cm³/mol. The van der Waals surface area contributed by atoms with Crippen molar-refractivity contribution in [3.8, 4) is 0 Å². The first-order valence-corrected chi connectivity index (χ1v) is 3.53. The number of hydrogen-bond acceptors (Lipinski definition) is 8. The fraction of sp³-hybridized carbons (Fsp3) is 0.200. The summed E-state index contributed by atoms with van der Waals surface area (Å²) in [6.07, 6.45) is 0. The standard InChI is InChI=1S/C5H4N6O3/c6-5-10-9-4(14-5)3-2(11(12)13)1-7-8-3/h1H2,(H2,6,10). The number of nitrogen functional groups attached to an aromatic ring is 1. The Hall–Kier alpha value is -2.32. The highest BCUT2D eigenvalue weighted by Gasteiger charge is 2.28. The molecule has 1 aliphatic rings. The molecule has 1 aromatic rings. The first kappa shape index (κ1) is 8.29. The van der Waals surface area contributed by atoms with Crippen molar-refractivity contribution < 1.29 is 9.34 Å². The second kappa shape index (κ2) is 2.87. The van der Waals surface area contributed by atoms with Gasteiger partial charge in [0.15, 0.2) is 6.54 Å². The van der Waals surface area contributed by atoms with Crippen molar-refractivity contribution in [1.82, 2.24) is 10.2 Å². The molecule has 1 aliphatic heterocycles. The molecule has 0 radical (unpaired) electrons. The van der Waals surface area contributed by atoms with Crippen LogP contribution in [0.5, 0.6) is 0 Å². The first-order valence-electron chi connectivity index (χ1n) is 3.53. The Morgan fingerprint density at radius 1 is 1.50 bits per heavy atom. The maximum Gasteiger partial charge on any atom is 0.313 e. The van der Waals surface area contributed by atoms with E-state index in [2.05, 4.69) is 20.4 Å². The number of hydrogen-bond donors (Lipinski definition) is 1. The molecule has 0 fully saturated rings. The van der Waals surface area contributed by atoms with Gasteiger partial charge < -0.3 is 10.2 Å². The molecule has 9 heteroatoms. The lowest BCUT2D eigenvalue weighted by Crippen LogP contribution is -2.01. The predicted octanol–water partition coefficient (Wildman–Crippen LogP) is 0.0629. The average molecular weight is 196 g/mol. The van der Waals surface area contributed by atoms with Gasteiger partial charge in [-0.15, -0.1) is 10.2 Å². The molecule has 72 valence electrons. The number of nitrogens with zero attached hydrogens (tertiary/aromatic N) is 5. The molecule has 2 heterocycles. The van der Waals surface area contributed by atoms with Crippen LogP contribution in [0.15, 0.2) is 20.3 Å². The van der Waals surface area contributed by atoms with Crippen LogP contribution in [0.3, 0.4) is 0 Å². The summed E-state index contributed by atoms with van der Waals surface area (Å²) in [7, 11) is 0. The zero-order valence-electron chi connectivity index (χ0n) is 6.75. The van der Waals surface area contributed by atoms with Crippen LogP contribution in [0.4, 0.5) is 6.01 Å². The van der Waals surface area contributed by atoms with E-state index in [9.17, 15) is 10.1 Å². The maximum atomic E-state index is 10.5. The number of anilines is 1. The van der Waals surface area contributed by atoms with Crippen molar-refractivity contribution in [2.45, 2.75) is 0 Å². The van der Waals surface area contributed by atoms with Crippen molar-refractivity contribution in [2.24, 2.45) is 10.2 Å². The summed E-state index contributed by atoms with van der Waals surface area (Å²) < 4.78 is 4.79. The minimum atomic E-state index is -0.588. The fourth-order valence-corrected chi connectivity index (χ4v) is 0.946. The number of azo groups is 1. The van der Waals surface area contributed by atoms with E-state index < -0.39 is 4.92 Å². The summed E-state index contributed by atoms with van der Waals surface area (Å²) in [5.41, 5.74) is 4.96. The monoisotopic (exact) mass is 196 g/mol. The van der Waals surface area contributed by atoms with Crippen LogP contribution in [0.2, 0.25) is 0 Å². The van der Waals surface area contributed by atoms with E-state index >= 15 is 0 Å². The number of nitro groups is 1. The molecule has 0 bridgehead atoms. The molecule has 0 saturated heterocycles. The van der Waals surface area contributed by atoms with Gasteiger partial charge in [-0.05, 0) is 0 Å². The molecule has 0 aromatic carbocycles. The molecule has 2 rings (SSSR count). The van der Waals surface area contributed by atoms with E-state index in [1.165, 1.54) is 0 Å². The molecule has 9 nitrogen and oxygen atoms in total. The van der Waals surface area contributed by atoms with Gasteiger partial charge in [0, 0.05) is 0 Å². The second-order valence-electron chi connectivity index (χ2n) is 2.40. The normalized spacial score (nSPS) is 15.1. The summed E-state index contributed by atoms with van der Waals surface area (Å²) in [4.78, 5) is 9.91. The molecule has 2 N–H and O–H groups in total. The summed E-state index contributed by atoms with van der Waals surface area (Å²) in [6.45, 7) is -0.0926. The summed E-state index contributed by atoms with van der Waals surface area (Å²) in [5, 5.41) is 24.4. The third-order valence-electron chi connectivity index (χ3n) is 1.53. The van der Waals surface area contributed by atoms with Gasteiger partial charge in [-0.25, -0.2) is 0 Å². The van der Waals surface area contributed by atoms with Gasteiger partial charge in [-0.2, -0.15) is 5.11 Å². The van der Waals surface area contributed by atoms with Crippen LogP contribution < -0.4 is 5.73 Å². The fourth-order valence-electron chi connectivity index (χ4n) is 0.946. The van der Waals surface area contributed by atoms with Gasteiger partial charge in [0.05, 0.1) is 4.92 Å². The van der Waals surface area contributed by atoms with Gasteiger partial charge in [0.1, 0.15) is 0 Å².